The molecule has 0 heterocycles. The van der Waals surface area contributed by atoms with Crippen LogP contribution in [0.15, 0.2) is 22.7 Å². The smallest absolute Gasteiger partial charge is 0.238 e. The van der Waals surface area contributed by atoms with Crippen LogP contribution < -0.4 is 5.32 Å². The maximum Gasteiger partial charge on any atom is 0.238 e. The van der Waals surface area contributed by atoms with Crippen molar-refractivity contribution in [3.63, 3.8) is 0 Å². The Hall–Kier alpha value is -0.860. The average Bonchev–Trinajstić information content (AvgIpc) is 2.30. The summed E-state index contributed by atoms with van der Waals surface area (Å²) in [5, 5.41) is 11.6. The van der Waals surface area contributed by atoms with E-state index in [0.717, 1.165) is 4.47 Å². The SMILES string of the molecule is CCC(Br)C(=O)Nc1ccc(Br)cc1C#N. The largest absolute Gasteiger partial charge is 0.324 e. The second-order valence-electron chi connectivity index (χ2n) is 3.17. The van der Waals surface area contributed by atoms with Gasteiger partial charge in [0.25, 0.3) is 0 Å². The average molecular weight is 346 g/mol. The monoisotopic (exact) mass is 344 g/mol. The maximum absolute atomic E-state index is 11.6. The van der Waals surface area contributed by atoms with Gasteiger partial charge in [-0.05, 0) is 24.6 Å². The molecule has 1 aromatic rings. The number of halogens is 2. The lowest BCUT2D eigenvalue weighted by Crippen LogP contribution is -2.22. The van der Waals surface area contributed by atoms with Gasteiger partial charge in [-0.15, -0.1) is 0 Å². The Labute approximate surface area is 111 Å². The second-order valence-corrected chi connectivity index (χ2v) is 5.19. The summed E-state index contributed by atoms with van der Waals surface area (Å²) in [5.41, 5.74) is 0.979. The number of carbonyl (C=O) groups excluding carboxylic acids is 1. The molecule has 0 aromatic heterocycles. The van der Waals surface area contributed by atoms with Crippen molar-refractivity contribution in [1.82, 2.24) is 0 Å². The fourth-order valence-corrected chi connectivity index (χ4v) is 1.59. The third kappa shape index (κ3) is 3.32. The minimum absolute atomic E-state index is 0.138. The highest BCUT2D eigenvalue weighted by Crippen LogP contribution is 2.21. The molecule has 0 saturated carbocycles. The number of alkyl halides is 1. The van der Waals surface area contributed by atoms with Crippen molar-refractivity contribution < 1.29 is 4.79 Å². The predicted molar refractivity (Wildman–Crippen MR) is 70.5 cm³/mol. The zero-order valence-corrected chi connectivity index (χ0v) is 11.8. The van der Waals surface area contributed by atoms with Gasteiger partial charge in [-0.2, -0.15) is 5.26 Å². The first-order valence-electron chi connectivity index (χ1n) is 4.73. The summed E-state index contributed by atoms with van der Waals surface area (Å²) in [6, 6.07) is 7.20. The van der Waals surface area contributed by atoms with Gasteiger partial charge in [0.2, 0.25) is 5.91 Å². The highest BCUT2D eigenvalue weighted by atomic mass is 79.9. The quantitative estimate of drug-likeness (QED) is 0.853. The Morgan fingerprint density at radius 2 is 2.31 bits per heavy atom. The van der Waals surface area contributed by atoms with Crippen LogP contribution in [0.1, 0.15) is 18.9 Å². The summed E-state index contributed by atoms with van der Waals surface area (Å²) in [4.78, 5) is 11.4. The summed E-state index contributed by atoms with van der Waals surface area (Å²) >= 11 is 6.53. The number of benzene rings is 1. The Bertz CT molecular complexity index is 440. The van der Waals surface area contributed by atoms with Crippen LogP contribution in [0.4, 0.5) is 5.69 Å². The van der Waals surface area contributed by atoms with Gasteiger partial charge in [0.1, 0.15) is 6.07 Å². The Morgan fingerprint density at radius 3 is 2.88 bits per heavy atom. The number of nitrogens with one attached hydrogen (secondary N) is 1. The molecule has 1 N–H and O–H groups in total. The van der Waals surface area contributed by atoms with Crippen molar-refractivity contribution in [2.45, 2.75) is 18.2 Å². The van der Waals surface area contributed by atoms with Crippen molar-refractivity contribution in [3.05, 3.63) is 28.2 Å². The van der Waals surface area contributed by atoms with Crippen LogP contribution in [0.3, 0.4) is 0 Å². The molecular formula is C11H10Br2N2O. The third-order valence-electron chi connectivity index (χ3n) is 2.00. The van der Waals surface area contributed by atoms with E-state index in [2.05, 4.69) is 37.2 Å². The molecule has 84 valence electrons. The fraction of sp³-hybridized carbons (Fsp3) is 0.273. The van der Waals surface area contributed by atoms with Gasteiger partial charge in [0, 0.05) is 4.47 Å². The summed E-state index contributed by atoms with van der Waals surface area (Å²) in [5.74, 6) is -0.138. The van der Waals surface area contributed by atoms with Gasteiger partial charge in [0.05, 0.1) is 16.1 Å². The molecule has 0 bridgehead atoms. The zero-order valence-electron chi connectivity index (χ0n) is 8.63. The molecule has 5 heteroatoms. The minimum atomic E-state index is -0.234. The van der Waals surface area contributed by atoms with E-state index < -0.39 is 0 Å². The van der Waals surface area contributed by atoms with Crippen LogP contribution in [0.5, 0.6) is 0 Å². The predicted octanol–water partition coefficient (Wildman–Crippen LogP) is 3.43. The summed E-state index contributed by atoms with van der Waals surface area (Å²) in [6.45, 7) is 1.91. The van der Waals surface area contributed by atoms with Crippen LogP contribution in [-0.4, -0.2) is 10.7 Å². The lowest BCUT2D eigenvalue weighted by Gasteiger charge is -2.10. The summed E-state index contributed by atoms with van der Waals surface area (Å²) < 4.78 is 0.813. The lowest BCUT2D eigenvalue weighted by atomic mass is 10.2. The molecule has 0 fully saturated rings. The molecule has 0 aliphatic rings. The number of carbonyl (C=O) groups is 1. The van der Waals surface area contributed by atoms with Crippen LogP contribution in [0.25, 0.3) is 0 Å². The Morgan fingerprint density at radius 1 is 1.62 bits per heavy atom. The molecule has 0 radical (unpaired) electrons. The van der Waals surface area contributed by atoms with Crippen LogP contribution in [0.2, 0.25) is 0 Å². The molecule has 1 aromatic carbocycles. The molecule has 0 aliphatic heterocycles. The van der Waals surface area contributed by atoms with Crippen molar-refractivity contribution in [2.24, 2.45) is 0 Å². The Balaban J connectivity index is 2.90. The first-order chi connectivity index (χ1) is 7.58. The van der Waals surface area contributed by atoms with E-state index in [9.17, 15) is 4.79 Å². The minimum Gasteiger partial charge on any atom is -0.324 e. The molecule has 1 rings (SSSR count). The second kappa shape index (κ2) is 6.02. The lowest BCUT2D eigenvalue weighted by molar-refractivity contribution is -0.115. The normalized spacial score (nSPS) is 11.6. The molecule has 1 amide bonds. The highest BCUT2D eigenvalue weighted by molar-refractivity contribution is 9.10. The molecule has 0 saturated heterocycles. The molecule has 16 heavy (non-hydrogen) atoms. The van der Waals surface area contributed by atoms with Gasteiger partial charge >= 0.3 is 0 Å². The molecule has 3 nitrogen and oxygen atoms in total. The molecule has 0 aliphatic carbocycles. The molecule has 1 unspecified atom stereocenters. The van der Waals surface area contributed by atoms with Crippen LogP contribution in [0, 0.1) is 11.3 Å². The third-order valence-corrected chi connectivity index (χ3v) is 3.56. The summed E-state index contributed by atoms with van der Waals surface area (Å²) in [6.07, 6.45) is 0.699. The van der Waals surface area contributed by atoms with E-state index in [4.69, 9.17) is 5.26 Å². The zero-order chi connectivity index (χ0) is 12.1. The number of amides is 1. The van der Waals surface area contributed by atoms with Crippen molar-refractivity contribution in [2.75, 3.05) is 5.32 Å². The first kappa shape index (κ1) is 13.2. The van der Waals surface area contributed by atoms with Gasteiger partial charge < -0.3 is 5.32 Å². The number of nitrogens with zero attached hydrogens (tertiary/aromatic N) is 1. The maximum atomic E-state index is 11.6. The van der Waals surface area contributed by atoms with Crippen molar-refractivity contribution in [1.29, 1.82) is 5.26 Å². The first-order valence-corrected chi connectivity index (χ1v) is 6.44. The Kier molecular flexibility index (Phi) is 4.97. The number of hydrogen-bond acceptors (Lipinski definition) is 2. The number of hydrogen-bond donors (Lipinski definition) is 1. The fourth-order valence-electron chi connectivity index (χ4n) is 1.11. The van der Waals surface area contributed by atoms with E-state index in [1.54, 1.807) is 18.2 Å². The van der Waals surface area contributed by atoms with Crippen molar-refractivity contribution in [3.8, 4) is 6.07 Å². The van der Waals surface area contributed by atoms with E-state index in [1.165, 1.54) is 0 Å². The van der Waals surface area contributed by atoms with Gasteiger partial charge in [-0.1, -0.05) is 38.8 Å². The van der Waals surface area contributed by atoms with Gasteiger partial charge in [0.15, 0.2) is 0 Å². The number of anilines is 1. The standard InChI is InChI=1S/C11H10Br2N2O/c1-2-9(13)11(16)15-10-4-3-8(12)5-7(10)6-14/h3-5,9H,2H2,1H3,(H,15,16). The van der Waals surface area contributed by atoms with Gasteiger partial charge in [-0.3, -0.25) is 4.79 Å². The molecular weight excluding hydrogens is 336 g/mol. The highest BCUT2D eigenvalue weighted by Gasteiger charge is 2.14. The summed E-state index contributed by atoms with van der Waals surface area (Å²) in [7, 11) is 0. The van der Waals surface area contributed by atoms with Crippen LogP contribution >= 0.6 is 31.9 Å². The molecule has 0 spiro atoms. The topological polar surface area (TPSA) is 52.9 Å². The molecule has 1 atom stereocenters. The number of nitriles is 1. The van der Waals surface area contributed by atoms with E-state index in [0.29, 0.717) is 17.7 Å². The van der Waals surface area contributed by atoms with E-state index in [-0.39, 0.29) is 10.7 Å². The van der Waals surface area contributed by atoms with Gasteiger partial charge in [-0.25, -0.2) is 0 Å². The number of rotatable bonds is 3. The van der Waals surface area contributed by atoms with E-state index in [1.807, 2.05) is 13.0 Å². The van der Waals surface area contributed by atoms with E-state index >= 15 is 0 Å². The van der Waals surface area contributed by atoms with Crippen molar-refractivity contribution >= 4 is 43.5 Å². The van der Waals surface area contributed by atoms with Crippen LogP contribution in [-0.2, 0) is 4.79 Å².